The van der Waals surface area contributed by atoms with E-state index in [0.29, 0.717) is 18.2 Å². The van der Waals surface area contributed by atoms with Crippen molar-refractivity contribution in [3.63, 3.8) is 0 Å². The lowest BCUT2D eigenvalue weighted by Gasteiger charge is -2.43. The third kappa shape index (κ3) is 2.77. The molecule has 110 valence electrons. The Hall–Kier alpha value is -1.62. The summed E-state index contributed by atoms with van der Waals surface area (Å²) in [4.78, 5) is 10.8. The highest BCUT2D eigenvalue weighted by atomic mass is 16.6. The van der Waals surface area contributed by atoms with Crippen LogP contribution in [0.3, 0.4) is 0 Å². The van der Waals surface area contributed by atoms with Gasteiger partial charge in [0, 0.05) is 12.6 Å². The number of nitrogens with zero attached hydrogens (tertiary/aromatic N) is 1. The number of nitrogens with one attached hydrogen (secondary N) is 1. The SMILES string of the molecule is Cc1ccc([N+](=O)[O-])c(NC2(CN)CCCCC2C)c1. The van der Waals surface area contributed by atoms with Gasteiger partial charge in [0.05, 0.1) is 10.5 Å². The summed E-state index contributed by atoms with van der Waals surface area (Å²) in [5.41, 5.74) is 7.51. The summed E-state index contributed by atoms with van der Waals surface area (Å²) in [5.74, 6) is 0.418. The first kappa shape index (κ1) is 14.8. The fraction of sp³-hybridized carbons (Fsp3) is 0.600. The molecule has 0 amide bonds. The van der Waals surface area contributed by atoms with E-state index in [4.69, 9.17) is 5.73 Å². The van der Waals surface area contributed by atoms with Crippen molar-refractivity contribution in [3.8, 4) is 0 Å². The van der Waals surface area contributed by atoms with Crippen LogP contribution >= 0.6 is 0 Å². The van der Waals surface area contributed by atoms with Gasteiger partial charge in [0.2, 0.25) is 0 Å². The summed E-state index contributed by atoms with van der Waals surface area (Å²) in [6.45, 7) is 4.62. The average molecular weight is 277 g/mol. The highest BCUT2D eigenvalue weighted by Gasteiger charge is 2.38. The minimum atomic E-state index is -0.334. The molecular weight excluding hydrogens is 254 g/mol. The van der Waals surface area contributed by atoms with E-state index in [9.17, 15) is 10.1 Å². The van der Waals surface area contributed by atoms with E-state index in [1.54, 1.807) is 12.1 Å². The Bertz CT molecular complexity index is 504. The Balaban J connectivity index is 2.36. The van der Waals surface area contributed by atoms with Crippen LogP contribution in [0.1, 0.15) is 38.2 Å². The van der Waals surface area contributed by atoms with E-state index in [2.05, 4.69) is 12.2 Å². The molecule has 0 radical (unpaired) electrons. The number of anilines is 1. The lowest BCUT2D eigenvalue weighted by Crippen LogP contribution is -2.52. The first-order valence-electron chi connectivity index (χ1n) is 7.22. The maximum Gasteiger partial charge on any atom is 0.292 e. The molecule has 0 saturated heterocycles. The maximum atomic E-state index is 11.2. The molecule has 1 saturated carbocycles. The molecule has 2 unspecified atom stereocenters. The van der Waals surface area contributed by atoms with Crippen LogP contribution in [-0.2, 0) is 0 Å². The molecular formula is C15H23N3O2. The van der Waals surface area contributed by atoms with Crippen molar-refractivity contribution in [1.82, 2.24) is 0 Å². The van der Waals surface area contributed by atoms with E-state index in [-0.39, 0.29) is 16.1 Å². The van der Waals surface area contributed by atoms with Crippen molar-refractivity contribution >= 4 is 11.4 Å². The van der Waals surface area contributed by atoms with Crippen LogP contribution in [0.4, 0.5) is 11.4 Å². The Morgan fingerprint density at radius 1 is 1.50 bits per heavy atom. The number of hydrogen-bond acceptors (Lipinski definition) is 4. The van der Waals surface area contributed by atoms with Gasteiger partial charge in [-0.05, 0) is 37.3 Å². The molecule has 5 nitrogen and oxygen atoms in total. The number of nitro benzene ring substituents is 1. The van der Waals surface area contributed by atoms with Crippen LogP contribution in [-0.4, -0.2) is 17.0 Å². The number of aryl methyl sites for hydroxylation is 1. The van der Waals surface area contributed by atoms with Gasteiger partial charge in [-0.15, -0.1) is 0 Å². The zero-order valence-corrected chi connectivity index (χ0v) is 12.2. The van der Waals surface area contributed by atoms with Crippen LogP contribution in [0.15, 0.2) is 18.2 Å². The topological polar surface area (TPSA) is 81.2 Å². The van der Waals surface area contributed by atoms with Crippen molar-refractivity contribution in [3.05, 3.63) is 33.9 Å². The summed E-state index contributed by atoms with van der Waals surface area (Å²) in [6.07, 6.45) is 4.41. The molecule has 5 heteroatoms. The molecule has 0 heterocycles. The van der Waals surface area contributed by atoms with E-state index in [1.165, 1.54) is 6.42 Å². The molecule has 2 atom stereocenters. The largest absolute Gasteiger partial charge is 0.373 e. The van der Waals surface area contributed by atoms with Crippen LogP contribution < -0.4 is 11.1 Å². The molecule has 1 aromatic rings. The molecule has 2 rings (SSSR count). The van der Waals surface area contributed by atoms with Gasteiger partial charge in [0.1, 0.15) is 5.69 Å². The lowest BCUT2D eigenvalue weighted by molar-refractivity contribution is -0.384. The summed E-state index contributed by atoms with van der Waals surface area (Å²) in [7, 11) is 0. The van der Waals surface area contributed by atoms with Gasteiger partial charge in [0.15, 0.2) is 0 Å². The van der Waals surface area contributed by atoms with Gasteiger partial charge in [-0.25, -0.2) is 0 Å². The molecule has 0 aliphatic heterocycles. The van der Waals surface area contributed by atoms with Gasteiger partial charge in [-0.1, -0.05) is 25.8 Å². The summed E-state index contributed by atoms with van der Waals surface area (Å²) >= 11 is 0. The zero-order valence-electron chi connectivity index (χ0n) is 12.2. The second-order valence-electron chi connectivity index (χ2n) is 5.91. The minimum Gasteiger partial charge on any atom is -0.373 e. The zero-order chi connectivity index (χ0) is 14.8. The molecule has 1 fully saturated rings. The summed E-state index contributed by atoms with van der Waals surface area (Å²) in [5, 5.41) is 14.6. The molecule has 0 aromatic heterocycles. The van der Waals surface area contributed by atoms with Crippen LogP contribution in [0.2, 0.25) is 0 Å². The number of nitro groups is 1. The fourth-order valence-electron chi connectivity index (χ4n) is 3.13. The Morgan fingerprint density at radius 3 is 2.85 bits per heavy atom. The molecule has 0 bridgehead atoms. The number of hydrogen-bond donors (Lipinski definition) is 2. The van der Waals surface area contributed by atoms with Crippen LogP contribution in [0.25, 0.3) is 0 Å². The second kappa shape index (κ2) is 5.79. The van der Waals surface area contributed by atoms with Gasteiger partial charge in [-0.2, -0.15) is 0 Å². The van der Waals surface area contributed by atoms with E-state index < -0.39 is 0 Å². The monoisotopic (exact) mass is 277 g/mol. The normalized spacial score (nSPS) is 26.2. The maximum absolute atomic E-state index is 11.2. The Labute approximate surface area is 119 Å². The van der Waals surface area contributed by atoms with Crippen molar-refractivity contribution in [1.29, 1.82) is 0 Å². The lowest BCUT2D eigenvalue weighted by atomic mass is 9.73. The Morgan fingerprint density at radius 2 is 2.25 bits per heavy atom. The van der Waals surface area contributed by atoms with E-state index in [0.717, 1.165) is 24.8 Å². The van der Waals surface area contributed by atoms with Crippen LogP contribution in [0.5, 0.6) is 0 Å². The Kier molecular flexibility index (Phi) is 4.28. The van der Waals surface area contributed by atoms with E-state index in [1.807, 2.05) is 13.0 Å². The highest BCUT2D eigenvalue weighted by Crippen LogP contribution is 2.38. The molecule has 1 aliphatic carbocycles. The van der Waals surface area contributed by atoms with Gasteiger partial charge in [0.25, 0.3) is 5.69 Å². The fourth-order valence-corrected chi connectivity index (χ4v) is 3.13. The van der Waals surface area contributed by atoms with Crippen molar-refractivity contribution in [2.24, 2.45) is 11.7 Å². The first-order chi connectivity index (χ1) is 9.48. The predicted molar refractivity (Wildman–Crippen MR) is 80.9 cm³/mol. The van der Waals surface area contributed by atoms with Crippen LogP contribution in [0, 0.1) is 23.0 Å². The second-order valence-corrected chi connectivity index (χ2v) is 5.91. The molecule has 0 spiro atoms. The van der Waals surface area contributed by atoms with Gasteiger partial charge >= 0.3 is 0 Å². The quantitative estimate of drug-likeness (QED) is 0.654. The minimum absolute atomic E-state index is 0.126. The average Bonchev–Trinajstić information content (AvgIpc) is 2.41. The smallest absolute Gasteiger partial charge is 0.292 e. The molecule has 1 aromatic carbocycles. The predicted octanol–water partition coefficient (Wildman–Crippen LogP) is 3.22. The summed E-state index contributed by atoms with van der Waals surface area (Å²) < 4.78 is 0. The first-order valence-corrected chi connectivity index (χ1v) is 7.22. The van der Waals surface area contributed by atoms with Crippen molar-refractivity contribution in [2.45, 2.75) is 45.1 Å². The number of rotatable bonds is 4. The standard InChI is InChI=1S/C15H23N3O2/c1-11-6-7-14(18(19)20)13(9-11)17-15(10-16)8-4-3-5-12(15)2/h6-7,9,12,17H,3-5,8,10,16H2,1-2H3. The molecule has 3 N–H and O–H groups in total. The van der Waals surface area contributed by atoms with E-state index >= 15 is 0 Å². The molecule has 20 heavy (non-hydrogen) atoms. The van der Waals surface area contributed by atoms with Gasteiger partial charge in [-0.3, -0.25) is 10.1 Å². The third-order valence-electron chi connectivity index (χ3n) is 4.55. The number of benzene rings is 1. The third-order valence-corrected chi connectivity index (χ3v) is 4.55. The van der Waals surface area contributed by atoms with Crippen molar-refractivity contribution < 1.29 is 4.92 Å². The van der Waals surface area contributed by atoms with Crippen molar-refractivity contribution in [2.75, 3.05) is 11.9 Å². The number of nitrogens with two attached hydrogens (primary N) is 1. The summed E-state index contributed by atoms with van der Waals surface area (Å²) in [6, 6.07) is 5.18. The molecule has 1 aliphatic rings. The highest BCUT2D eigenvalue weighted by molar-refractivity contribution is 5.64. The van der Waals surface area contributed by atoms with Gasteiger partial charge < -0.3 is 11.1 Å².